The molecule has 7 atom stereocenters. The number of piperazine rings is 1. The van der Waals surface area contributed by atoms with Gasteiger partial charge in [0.15, 0.2) is 0 Å². The van der Waals surface area contributed by atoms with Crippen molar-refractivity contribution in [1.29, 1.82) is 0 Å². The maximum atomic E-state index is 13.7. The molecule has 6 aliphatic rings. The second-order valence-electron chi connectivity index (χ2n) is 17.7. The van der Waals surface area contributed by atoms with Gasteiger partial charge in [0.1, 0.15) is 5.75 Å². The largest absolute Gasteiger partial charge is 0.490 e. The van der Waals surface area contributed by atoms with Crippen LogP contribution in [-0.2, 0) is 26.6 Å². The molecule has 2 saturated heterocycles. The number of nitrogens with zero attached hydrogens (tertiary/aromatic N) is 3. The summed E-state index contributed by atoms with van der Waals surface area (Å²) >= 11 is 6.53. The Hall–Kier alpha value is -2.37. The highest BCUT2D eigenvalue weighted by molar-refractivity contribution is 7.90. The van der Waals surface area contributed by atoms with Crippen molar-refractivity contribution >= 4 is 33.2 Å². The number of nitrogens with one attached hydrogen (secondary N) is 1. The van der Waals surface area contributed by atoms with Crippen LogP contribution >= 0.6 is 11.6 Å². The van der Waals surface area contributed by atoms with E-state index >= 15 is 0 Å². The minimum absolute atomic E-state index is 0.120. The second-order valence-corrected chi connectivity index (χ2v) is 20.2. The highest BCUT2D eigenvalue weighted by Gasteiger charge is 2.51. The standard InChI is InChI=1S/C43H61ClN4O5S/c1-4-53-43(28-46-21-22-47-20-6-5-11-36(47)26-46)19-7-9-30(2)31(3)54(50,51)45-41(49)33-13-17-40-39(24-33)48(25-34-12-15-38(34)43)27-42(29-52-40)18-8-10-32-23-35(44)14-16-37(32)42/h13-14,16-17,23-24,30-31,34,36,38H,4-12,15,18-22,25-29H2,1-3H3,(H,45,49)/t30-,31+,34-,36+,38+,42-,43-/m0/s1. The van der Waals surface area contributed by atoms with Crippen LogP contribution in [0, 0.1) is 17.8 Å². The predicted octanol–water partition coefficient (Wildman–Crippen LogP) is 7.05. The van der Waals surface area contributed by atoms with Crippen LogP contribution in [0.3, 0.4) is 0 Å². The average molecular weight is 782 g/mol. The van der Waals surface area contributed by atoms with Crippen molar-refractivity contribution in [3.8, 4) is 5.75 Å². The summed E-state index contributed by atoms with van der Waals surface area (Å²) in [5, 5.41) is 0.0458. The number of rotatable bonds is 4. The average Bonchev–Trinajstić information content (AvgIpc) is 3.29. The lowest BCUT2D eigenvalue weighted by molar-refractivity contribution is -0.151. The van der Waals surface area contributed by atoms with E-state index in [0.717, 1.165) is 107 Å². The molecule has 54 heavy (non-hydrogen) atoms. The third kappa shape index (κ3) is 7.44. The Morgan fingerprint density at radius 3 is 2.65 bits per heavy atom. The molecule has 2 aromatic rings. The molecule has 8 rings (SSSR count). The number of piperidine rings is 1. The predicted molar refractivity (Wildman–Crippen MR) is 215 cm³/mol. The number of benzene rings is 2. The lowest BCUT2D eigenvalue weighted by Gasteiger charge is -2.54. The number of ether oxygens (including phenoxy) is 2. The first-order valence-corrected chi connectivity index (χ1v) is 22.9. The van der Waals surface area contributed by atoms with E-state index in [-0.39, 0.29) is 16.9 Å². The molecule has 2 bridgehead atoms. The molecule has 3 fully saturated rings. The Bertz CT molecular complexity index is 1810. The van der Waals surface area contributed by atoms with Crippen LogP contribution < -0.4 is 14.4 Å². The molecule has 1 saturated carbocycles. The number of hydrogen-bond acceptors (Lipinski definition) is 8. The van der Waals surface area contributed by atoms with E-state index in [1.165, 1.54) is 36.9 Å². The van der Waals surface area contributed by atoms with Gasteiger partial charge in [-0.3, -0.25) is 14.6 Å². The topological polar surface area (TPSA) is 91.4 Å². The van der Waals surface area contributed by atoms with Gasteiger partial charge >= 0.3 is 0 Å². The van der Waals surface area contributed by atoms with Crippen LogP contribution in [0.4, 0.5) is 5.69 Å². The lowest BCUT2D eigenvalue weighted by atomic mass is 9.62. The molecule has 0 aromatic heterocycles. The van der Waals surface area contributed by atoms with Crippen LogP contribution in [0.15, 0.2) is 36.4 Å². The molecule has 296 valence electrons. The summed E-state index contributed by atoms with van der Waals surface area (Å²) < 4.78 is 43.7. The molecule has 1 spiro atoms. The first-order chi connectivity index (χ1) is 26.0. The van der Waals surface area contributed by atoms with E-state index in [1.807, 2.05) is 25.1 Å². The first-order valence-electron chi connectivity index (χ1n) is 21.0. The summed E-state index contributed by atoms with van der Waals surface area (Å²) in [6.07, 6.45) is 11.7. The van der Waals surface area contributed by atoms with Gasteiger partial charge in [-0.1, -0.05) is 37.4 Å². The number of carbonyl (C=O) groups is 1. The van der Waals surface area contributed by atoms with Crippen LogP contribution in [0.25, 0.3) is 0 Å². The molecular formula is C43H61ClN4O5S. The van der Waals surface area contributed by atoms with Gasteiger partial charge in [-0.2, -0.15) is 0 Å². The van der Waals surface area contributed by atoms with Gasteiger partial charge in [-0.25, -0.2) is 13.1 Å². The number of hydrogen-bond donors (Lipinski definition) is 1. The number of carbonyl (C=O) groups excluding carboxylic acids is 1. The van der Waals surface area contributed by atoms with E-state index in [4.69, 9.17) is 21.1 Å². The van der Waals surface area contributed by atoms with Crippen molar-refractivity contribution in [3.05, 3.63) is 58.1 Å². The summed E-state index contributed by atoms with van der Waals surface area (Å²) in [7, 11) is -3.92. The first kappa shape index (κ1) is 38.5. The lowest BCUT2D eigenvalue weighted by Crippen LogP contribution is -2.62. The molecule has 1 N–H and O–H groups in total. The van der Waals surface area contributed by atoms with Crippen molar-refractivity contribution in [1.82, 2.24) is 14.5 Å². The Kier molecular flexibility index (Phi) is 11.1. The summed E-state index contributed by atoms with van der Waals surface area (Å²) in [5.41, 5.74) is 3.24. The van der Waals surface area contributed by atoms with Gasteiger partial charge in [-0.15, -0.1) is 0 Å². The molecule has 4 aliphatic heterocycles. The Labute approximate surface area is 328 Å². The third-order valence-electron chi connectivity index (χ3n) is 14.5. The molecule has 9 nitrogen and oxygen atoms in total. The fraction of sp³-hybridized carbons (Fsp3) is 0.698. The fourth-order valence-corrected chi connectivity index (χ4v) is 12.7. The van der Waals surface area contributed by atoms with Crippen LogP contribution in [-0.4, -0.2) is 100 Å². The molecule has 0 radical (unpaired) electrons. The third-order valence-corrected chi connectivity index (χ3v) is 16.6. The zero-order valence-electron chi connectivity index (χ0n) is 32.7. The molecule has 0 unspecified atom stereocenters. The van der Waals surface area contributed by atoms with Gasteiger partial charge in [0.25, 0.3) is 5.91 Å². The van der Waals surface area contributed by atoms with E-state index in [2.05, 4.69) is 38.5 Å². The van der Waals surface area contributed by atoms with Crippen molar-refractivity contribution in [3.63, 3.8) is 0 Å². The highest BCUT2D eigenvalue weighted by atomic mass is 35.5. The SMILES string of the molecule is CCO[C@]1(CN2CCN3CCCC[C@@H]3C2)CCC[C@H](C)[C@@H](C)S(=O)(=O)NC(=O)c2ccc3c(c2)N(C[C@@H]2CC[C@H]21)C[C@@]1(CCCc2cc(Cl)ccc21)CO3. The fourth-order valence-electron chi connectivity index (χ4n) is 11.2. The normalized spacial score (nSPS) is 34.7. The number of halogens is 1. The van der Waals surface area contributed by atoms with E-state index in [9.17, 15) is 13.2 Å². The van der Waals surface area contributed by atoms with Crippen molar-refractivity contribution in [2.75, 3.05) is 63.9 Å². The quantitative estimate of drug-likeness (QED) is 0.353. The summed E-state index contributed by atoms with van der Waals surface area (Å²) in [6.45, 7) is 14.1. The Morgan fingerprint density at radius 1 is 0.963 bits per heavy atom. The summed E-state index contributed by atoms with van der Waals surface area (Å²) in [6, 6.07) is 12.4. The molecule has 2 aromatic carbocycles. The maximum Gasteiger partial charge on any atom is 0.264 e. The van der Waals surface area contributed by atoms with Gasteiger partial charge < -0.3 is 14.4 Å². The van der Waals surface area contributed by atoms with Crippen molar-refractivity contribution in [2.45, 2.75) is 114 Å². The van der Waals surface area contributed by atoms with Gasteiger partial charge in [0.2, 0.25) is 10.0 Å². The Morgan fingerprint density at radius 2 is 1.83 bits per heavy atom. The second kappa shape index (κ2) is 15.5. The van der Waals surface area contributed by atoms with Crippen molar-refractivity contribution in [2.24, 2.45) is 17.8 Å². The van der Waals surface area contributed by atoms with Crippen LogP contribution in [0.5, 0.6) is 5.75 Å². The molecule has 2 aliphatic carbocycles. The van der Waals surface area contributed by atoms with Crippen LogP contribution in [0.2, 0.25) is 5.02 Å². The number of fused-ring (bicyclic) bond motifs is 5. The highest BCUT2D eigenvalue weighted by Crippen LogP contribution is 2.50. The van der Waals surface area contributed by atoms with E-state index in [1.54, 1.807) is 13.0 Å². The minimum Gasteiger partial charge on any atom is -0.490 e. The zero-order chi connectivity index (χ0) is 37.7. The monoisotopic (exact) mass is 780 g/mol. The number of sulfonamides is 1. The van der Waals surface area contributed by atoms with Gasteiger partial charge in [-0.05, 0) is 137 Å². The number of amides is 1. The van der Waals surface area contributed by atoms with Gasteiger partial charge in [0.05, 0.1) is 23.1 Å². The number of aryl methyl sites for hydroxylation is 1. The number of anilines is 1. The minimum atomic E-state index is -3.92. The van der Waals surface area contributed by atoms with E-state index < -0.39 is 21.2 Å². The smallest absolute Gasteiger partial charge is 0.264 e. The molecular weight excluding hydrogens is 720 g/mol. The molecule has 11 heteroatoms. The van der Waals surface area contributed by atoms with E-state index in [0.29, 0.717) is 36.7 Å². The summed E-state index contributed by atoms with van der Waals surface area (Å²) in [4.78, 5) is 21.6. The molecule has 1 amide bonds. The zero-order valence-corrected chi connectivity index (χ0v) is 34.2. The molecule has 4 heterocycles. The van der Waals surface area contributed by atoms with Gasteiger partial charge in [0, 0.05) is 67.9 Å². The van der Waals surface area contributed by atoms with Crippen molar-refractivity contribution < 1.29 is 22.7 Å². The summed E-state index contributed by atoms with van der Waals surface area (Å²) in [5.74, 6) is 0.818. The Balaban J connectivity index is 1.18. The maximum absolute atomic E-state index is 13.7. The van der Waals surface area contributed by atoms with Crippen LogP contribution in [0.1, 0.15) is 106 Å².